The summed E-state index contributed by atoms with van der Waals surface area (Å²) in [4.78, 5) is 0. The van der Waals surface area contributed by atoms with Crippen molar-refractivity contribution in [2.45, 2.75) is 18.6 Å². The van der Waals surface area contributed by atoms with Crippen molar-refractivity contribution in [3.8, 4) is 0 Å². The smallest absolute Gasteiger partial charge is 0.271 e. The Morgan fingerprint density at radius 1 is 1.10 bits per heavy atom. The molecule has 2 aromatic rings. The summed E-state index contributed by atoms with van der Waals surface area (Å²) in [5.74, 6) is 5.51. The van der Waals surface area contributed by atoms with E-state index in [-0.39, 0.29) is 6.04 Å². The molecule has 2 nitrogen and oxygen atoms in total. The van der Waals surface area contributed by atoms with Crippen LogP contribution in [0.15, 0.2) is 48.5 Å². The van der Waals surface area contributed by atoms with Gasteiger partial charge in [0.1, 0.15) is 0 Å². The summed E-state index contributed by atoms with van der Waals surface area (Å²) in [5.41, 5.74) is 3.21. The molecule has 2 aromatic carbocycles. The van der Waals surface area contributed by atoms with Crippen LogP contribution in [0.25, 0.3) is 0 Å². The van der Waals surface area contributed by atoms with Crippen LogP contribution in [0.2, 0.25) is 5.02 Å². The van der Waals surface area contributed by atoms with Crippen LogP contribution in [0.5, 0.6) is 0 Å². The lowest BCUT2D eigenvalue weighted by molar-refractivity contribution is -0.137. The molecule has 0 amide bonds. The molecular weight excluding hydrogens is 301 g/mol. The van der Waals surface area contributed by atoms with Crippen LogP contribution in [0.4, 0.5) is 13.2 Å². The van der Waals surface area contributed by atoms with Gasteiger partial charge in [0.25, 0.3) is 0 Å². The lowest BCUT2D eigenvalue weighted by atomic mass is 9.98. The molecule has 6 heteroatoms. The number of hydrogen-bond donors (Lipinski definition) is 2. The first-order valence-electron chi connectivity index (χ1n) is 6.28. The molecule has 0 saturated carbocycles. The van der Waals surface area contributed by atoms with E-state index in [1.54, 1.807) is 30.3 Å². The standard InChI is InChI=1S/C15H14ClF3N2/c16-13-7-2-1-6-12(13)14(21-20)9-10-4-3-5-11(8-10)15(17,18)19/h1-8,14,21H,9,20H2. The van der Waals surface area contributed by atoms with E-state index < -0.39 is 11.7 Å². The van der Waals surface area contributed by atoms with Gasteiger partial charge >= 0.3 is 6.18 Å². The maximum absolute atomic E-state index is 12.7. The van der Waals surface area contributed by atoms with E-state index in [9.17, 15) is 13.2 Å². The van der Waals surface area contributed by atoms with Gasteiger partial charge in [0.05, 0.1) is 11.6 Å². The number of hydrazine groups is 1. The SMILES string of the molecule is NNC(Cc1cccc(C(F)(F)F)c1)c1ccccc1Cl. The number of nitrogens with two attached hydrogens (primary N) is 1. The number of nitrogens with one attached hydrogen (secondary N) is 1. The van der Waals surface area contributed by atoms with Gasteiger partial charge in [-0.05, 0) is 29.7 Å². The van der Waals surface area contributed by atoms with Gasteiger partial charge in [0.2, 0.25) is 0 Å². The molecular formula is C15H14ClF3N2. The van der Waals surface area contributed by atoms with Crippen LogP contribution >= 0.6 is 11.6 Å². The van der Waals surface area contributed by atoms with Crippen molar-refractivity contribution in [2.75, 3.05) is 0 Å². The summed E-state index contributed by atoms with van der Waals surface area (Å²) in [6, 6.07) is 11.9. The summed E-state index contributed by atoms with van der Waals surface area (Å²) in [7, 11) is 0. The minimum atomic E-state index is -4.36. The number of benzene rings is 2. The Labute approximate surface area is 125 Å². The molecule has 2 rings (SSSR count). The van der Waals surface area contributed by atoms with Gasteiger partial charge in [0.15, 0.2) is 0 Å². The third-order valence-electron chi connectivity index (χ3n) is 3.18. The van der Waals surface area contributed by atoms with E-state index in [0.29, 0.717) is 17.0 Å². The molecule has 0 spiro atoms. The molecule has 1 atom stereocenters. The fourth-order valence-corrected chi connectivity index (χ4v) is 2.39. The average molecular weight is 315 g/mol. The zero-order chi connectivity index (χ0) is 15.5. The van der Waals surface area contributed by atoms with Gasteiger partial charge in [-0.15, -0.1) is 0 Å². The predicted molar refractivity (Wildman–Crippen MR) is 76.7 cm³/mol. The largest absolute Gasteiger partial charge is 0.416 e. The van der Waals surface area contributed by atoms with Gasteiger partial charge < -0.3 is 0 Å². The molecule has 0 heterocycles. The van der Waals surface area contributed by atoms with E-state index in [1.165, 1.54) is 6.07 Å². The topological polar surface area (TPSA) is 38.0 Å². The molecule has 0 fully saturated rings. The third kappa shape index (κ3) is 3.97. The zero-order valence-corrected chi connectivity index (χ0v) is 11.7. The van der Waals surface area contributed by atoms with Crippen molar-refractivity contribution in [1.82, 2.24) is 5.43 Å². The second-order valence-corrected chi connectivity index (χ2v) is 5.05. The Hall–Kier alpha value is -1.56. The minimum absolute atomic E-state index is 0.310. The van der Waals surface area contributed by atoms with Gasteiger partial charge in [0, 0.05) is 5.02 Å². The first-order valence-corrected chi connectivity index (χ1v) is 6.66. The van der Waals surface area contributed by atoms with Crippen LogP contribution in [0, 0.1) is 0 Å². The van der Waals surface area contributed by atoms with Crippen molar-refractivity contribution in [3.05, 3.63) is 70.2 Å². The van der Waals surface area contributed by atoms with Crippen LogP contribution in [-0.4, -0.2) is 0 Å². The van der Waals surface area contributed by atoms with Crippen molar-refractivity contribution in [2.24, 2.45) is 5.84 Å². The highest BCUT2D eigenvalue weighted by Gasteiger charge is 2.30. The lowest BCUT2D eigenvalue weighted by Crippen LogP contribution is -2.29. The lowest BCUT2D eigenvalue weighted by Gasteiger charge is -2.18. The molecule has 0 bridgehead atoms. The molecule has 0 aliphatic rings. The molecule has 0 saturated heterocycles. The highest BCUT2D eigenvalue weighted by molar-refractivity contribution is 6.31. The number of rotatable bonds is 4. The Morgan fingerprint density at radius 2 is 1.81 bits per heavy atom. The van der Waals surface area contributed by atoms with E-state index in [2.05, 4.69) is 5.43 Å². The van der Waals surface area contributed by atoms with Crippen LogP contribution < -0.4 is 11.3 Å². The molecule has 0 aliphatic heterocycles. The molecule has 3 N–H and O–H groups in total. The zero-order valence-electron chi connectivity index (χ0n) is 11.0. The van der Waals surface area contributed by atoms with E-state index in [1.807, 2.05) is 0 Å². The average Bonchev–Trinajstić information content (AvgIpc) is 2.45. The second-order valence-electron chi connectivity index (χ2n) is 4.64. The van der Waals surface area contributed by atoms with E-state index in [4.69, 9.17) is 17.4 Å². The summed E-state index contributed by atoms with van der Waals surface area (Å²) < 4.78 is 38.1. The van der Waals surface area contributed by atoms with E-state index in [0.717, 1.165) is 17.7 Å². The quantitative estimate of drug-likeness (QED) is 0.658. The maximum atomic E-state index is 12.7. The predicted octanol–water partition coefficient (Wildman–Crippen LogP) is 4.11. The van der Waals surface area contributed by atoms with Crippen molar-refractivity contribution in [3.63, 3.8) is 0 Å². The Balaban J connectivity index is 2.26. The van der Waals surface area contributed by atoms with Crippen molar-refractivity contribution >= 4 is 11.6 Å². The molecule has 0 aliphatic carbocycles. The Morgan fingerprint density at radius 3 is 2.43 bits per heavy atom. The van der Waals surface area contributed by atoms with Gasteiger partial charge in [-0.25, -0.2) is 0 Å². The number of alkyl halides is 3. The van der Waals surface area contributed by atoms with E-state index >= 15 is 0 Å². The monoisotopic (exact) mass is 314 g/mol. The van der Waals surface area contributed by atoms with Gasteiger partial charge in [-0.1, -0.05) is 48.0 Å². The van der Waals surface area contributed by atoms with Crippen molar-refractivity contribution < 1.29 is 13.2 Å². The molecule has 112 valence electrons. The first kappa shape index (κ1) is 15.8. The summed E-state index contributed by atoms with van der Waals surface area (Å²) in [6.07, 6.45) is -4.05. The van der Waals surface area contributed by atoms with Crippen LogP contribution in [0.1, 0.15) is 22.7 Å². The van der Waals surface area contributed by atoms with Crippen LogP contribution in [0.3, 0.4) is 0 Å². The molecule has 0 radical (unpaired) electrons. The summed E-state index contributed by atoms with van der Waals surface area (Å²) in [5, 5.41) is 0.521. The molecule has 0 aromatic heterocycles. The fourth-order valence-electron chi connectivity index (χ4n) is 2.13. The number of hydrogen-bond acceptors (Lipinski definition) is 2. The molecule has 21 heavy (non-hydrogen) atoms. The highest BCUT2D eigenvalue weighted by Crippen LogP contribution is 2.31. The van der Waals surface area contributed by atoms with Crippen molar-refractivity contribution in [1.29, 1.82) is 0 Å². The third-order valence-corrected chi connectivity index (χ3v) is 3.52. The fraction of sp³-hybridized carbons (Fsp3) is 0.200. The minimum Gasteiger partial charge on any atom is -0.271 e. The first-order chi connectivity index (χ1) is 9.91. The highest BCUT2D eigenvalue weighted by atomic mass is 35.5. The normalized spacial score (nSPS) is 13.2. The summed E-state index contributed by atoms with van der Waals surface area (Å²) in [6.45, 7) is 0. The molecule has 1 unspecified atom stereocenters. The maximum Gasteiger partial charge on any atom is 0.416 e. The number of halogens is 4. The Kier molecular flexibility index (Phi) is 4.88. The second kappa shape index (κ2) is 6.47. The van der Waals surface area contributed by atoms with Crippen LogP contribution in [-0.2, 0) is 12.6 Å². The summed E-state index contributed by atoms with van der Waals surface area (Å²) >= 11 is 6.09. The Bertz CT molecular complexity index is 614. The van der Waals surface area contributed by atoms with Gasteiger partial charge in [-0.2, -0.15) is 13.2 Å². The van der Waals surface area contributed by atoms with Gasteiger partial charge in [-0.3, -0.25) is 11.3 Å².